The molecule has 0 bridgehead atoms. The van der Waals surface area contributed by atoms with Crippen molar-refractivity contribution < 1.29 is 48.3 Å². The molecule has 0 aliphatic carbocycles. The number of rotatable bonds is 13. The maximum atomic E-state index is 12.8. The molecule has 0 radical (unpaired) electrons. The van der Waals surface area contributed by atoms with E-state index < -0.39 is 23.8 Å². The average Bonchev–Trinajstić information content (AvgIpc) is 3.04. The number of carboxylic acids is 2. The van der Waals surface area contributed by atoms with Crippen LogP contribution in [0.2, 0.25) is 0 Å². The third kappa shape index (κ3) is 7.72. The van der Waals surface area contributed by atoms with Crippen LogP contribution in [0.3, 0.4) is 0 Å². The molecule has 0 fully saturated rings. The van der Waals surface area contributed by atoms with Gasteiger partial charge >= 0.3 is 11.9 Å². The van der Waals surface area contributed by atoms with E-state index >= 15 is 0 Å². The summed E-state index contributed by atoms with van der Waals surface area (Å²) in [4.78, 5) is 49.9. The van der Waals surface area contributed by atoms with Crippen molar-refractivity contribution in [2.75, 3.05) is 39.1 Å². The lowest BCUT2D eigenvalue weighted by molar-refractivity contribution is -0.116. The molecule has 0 aliphatic rings. The molecule has 4 N–H and O–H groups in total. The maximum Gasteiger partial charge on any atom is 0.337 e. The molecule has 0 heterocycles. The van der Waals surface area contributed by atoms with Crippen LogP contribution in [0.1, 0.15) is 31.8 Å². The number of hydrogen-bond donors (Lipinski definition) is 4. The predicted octanol–water partition coefficient (Wildman–Crippen LogP) is 5.15. The summed E-state index contributed by atoms with van der Waals surface area (Å²) in [5, 5.41) is 25.1. The number of carbonyl (C=O) groups is 4. The molecular weight excluding hydrogens is 596 g/mol. The van der Waals surface area contributed by atoms with E-state index in [1.54, 1.807) is 48.5 Å². The summed E-state index contributed by atoms with van der Waals surface area (Å²) in [6.45, 7) is 0. The third-order valence-corrected chi connectivity index (χ3v) is 7.01. The van der Waals surface area contributed by atoms with Gasteiger partial charge in [0.2, 0.25) is 11.8 Å². The van der Waals surface area contributed by atoms with Crippen LogP contribution >= 0.6 is 0 Å². The third-order valence-electron chi connectivity index (χ3n) is 7.01. The highest BCUT2D eigenvalue weighted by Gasteiger charge is 2.19. The van der Waals surface area contributed by atoms with Crippen LogP contribution < -0.4 is 29.6 Å². The fraction of sp³-hybridized carbons (Fsp3) is 0.176. The Hall–Kier alpha value is -6.04. The molecule has 0 saturated carbocycles. The summed E-state index contributed by atoms with van der Waals surface area (Å²) in [6, 6.07) is 18.7. The van der Waals surface area contributed by atoms with Gasteiger partial charge in [-0.1, -0.05) is 24.3 Å². The highest BCUT2D eigenvalue weighted by atomic mass is 16.5. The van der Waals surface area contributed by atoms with Crippen LogP contribution in [0.15, 0.2) is 72.8 Å². The van der Waals surface area contributed by atoms with E-state index in [-0.39, 0.29) is 35.3 Å². The van der Waals surface area contributed by atoms with Crippen LogP contribution in [-0.2, 0) is 22.4 Å². The van der Waals surface area contributed by atoms with E-state index in [0.717, 1.165) is 0 Å². The SMILES string of the molecule is COc1ccc(CC(=O)Nc2ccc(-c3ccc(NC(=O)Cc4ccc(OC)c(OC)c4)c(C(=O)O)c3)cc2C(=O)O)cc1OC. The van der Waals surface area contributed by atoms with Gasteiger partial charge in [0.05, 0.1) is 63.8 Å². The van der Waals surface area contributed by atoms with Crippen molar-refractivity contribution >= 4 is 35.1 Å². The lowest BCUT2D eigenvalue weighted by Gasteiger charge is -2.14. The molecule has 238 valence electrons. The fourth-order valence-corrected chi connectivity index (χ4v) is 4.76. The maximum absolute atomic E-state index is 12.8. The zero-order valence-corrected chi connectivity index (χ0v) is 25.5. The molecule has 4 aromatic carbocycles. The van der Waals surface area contributed by atoms with Crippen molar-refractivity contribution in [3.05, 3.63) is 95.1 Å². The standard InChI is InChI=1S/C34H32N2O10/c1-43-27-11-5-19(13-29(27)45-3)15-31(37)35-25-9-7-21(17-23(25)33(39)40)22-8-10-26(24(18-22)34(41)42)36-32(38)16-20-6-12-28(44-2)30(14-20)46-4/h5-14,17-18H,15-16H2,1-4H3,(H,35,37)(H,36,38)(H,39,40)(H,41,42). The van der Waals surface area contributed by atoms with Gasteiger partial charge in [-0.05, 0) is 70.8 Å². The van der Waals surface area contributed by atoms with Crippen molar-refractivity contribution in [3.8, 4) is 34.1 Å². The molecular formula is C34H32N2O10. The second-order valence-corrected chi connectivity index (χ2v) is 9.96. The second-order valence-electron chi connectivity index (χ2n) is 9.96. The summed E-state index contributed by atoms with van der Waals surface area (Å²) >= 11 is 0. The largest absolute Gasteiger partial charge is 0.493 e. The Labute approximate surface area is 264 Å². The number of amides is 2. The molecule has 0 spiro atoms. The monoisotopic (exact) mass is 628 g/mol. The zero-order chi connectivity index (χ0) is 33.4. The van der Waals surface area contributed by atoms with Crippen LogP contribution in [0.25, 0.3) is 11.1 Å². The molecule has 4 aromatic rings. The number of nitrogens with one attached hydrogen (secondary N) is 2. The fourth-order valence-electron chi connectivity index (χ4n) is 4.76. The number of carbonyl (C=O) groups excluding carboxylic acids is 2. The van der Waals surface area contributed by atoms with Crippen LogP contribution in [0, 0.1) is 0 Å². The zero-order valence-electron chi connectivity index (χ0n) is 25.5. The summed E-state index contributed by atoms with van der Waals surface area (Å²) in [7, 11) is 5.96. The van der Waals surface area contributed by atoms with Gasteiger partial charge in [0.25, 0.3) is 0 Å². The highest BCUT2D eigenvalue weighted by molar-refractivity contribution is 6.04. The smallest absolute Gasteiger partial charge is 0.337 e. The van der Waals surface area contributed by atoms with Gasteiger partial charge in [-0.25, -0.2) is 9.59 Å². The Morgan fingerprint density at radius 3 is 1.22 bits per heavy atom. The minimum Gasteiger partial charge on any atom is -0.493 e. The quantitative estimate of drug-likeness (QED) is 0.155. The lowest BCUT2D eigenvalue weighted by atomic mass is 9.98. The van der Waals surface area contributed by atoms with Gasteiger partial charge in [-0.3, -0.25) is 9.59 Å². The summed E-state index contributed by atoms with van der Waals surface area (Å²) in [6.07, 6.45) is -0.106. The molecule has 12 nitrogen and oxygen atoms in total. The molecule has 0 saturated heterocycles. The molecule has 2 amide bonds. The Balaban J connectivity index is 1.53. The molecule has 0 unspecified atom stereocenters. The number of carboxylic acid groups (broad SMARTS) is 2. The molecule has 0 aliphatic heterocycles. The molecule has 46 heavy (non-hydrogen) atoms. The van der Waals surface area contributed by atoms with Crippen molar-refractivity contribution in [3.63, 3.8) is 0 Å². The summed E-state index contributed by atoms with van der Waals surface area (Å²) in [5.74, 6) is -1.58. The molecule has 12 heteroatoms. The van der Waals surface area contributed by atoms with Gasteiger partial charge in [0.1, 0.15) is 0 Å². The predicted molar refractivity (Wildman–Crippen MR) is 170 cm³/mol. The Bertz CT molecular complexity index is 1670. The van der Waals surface area contributed by atoms with E-state index in [9.17, 15) is 29.4 Å². The average molecular weight is 629 g/mol. The van der Waals surface area contributed by atoms with E-state index in [1.807, 2.05) is 0 Å². The van der Waals surface area contributed by atoms with Crippen molar-refractivity contribution in [2.24, 2.45) is 0 Å². The van der Waals surface area contributed by atoms with Crippen molar-refractivity contribution in [1.29, 1.82) is 0 Å². The number of anilines is 2. The molecule has 0 aromatic heterocycles. The van der Waals surface area contributed by atoms with Gasteiger partial charge in [-0.2, -0.15) is 0 Å². The van der Waals surface area contributed by atoms with Gasteiger partial charge in [0, 0.05) is 0 Å². The normalized spacial score (nSPS) is 10.4. The van der Waals surface area contributed by atoms with Crippen LogP contribution in [-0.4, -0.2) is 62.4 Å². The van der Waals surface area contributed by atoms with Crippen LogP contribution in [0.4, 0.5) is 11.4 Å². The molecule has 4 rings (SSSR count). The van der Waals surface area contributed by atoms with Gasteiger partial charge in [-0.15, -0.1) is 0 Å². The Morgan fingerprint density at radius 2 is 0.891 bits per heavy atom. The number of ether oxygens (including phenoxy) is 4. The first kappa shape index (κ1) is 32.9. The summed E-state index contributed by atoms with van der Waals surface area (Å²) < 4.78 is 21.0. The van der Waals surface area contributed by atoms with E-state index in [2.05, 4.69) is 10.6 Å². The first-order valence-corrected chi connectivity index (χ1v) is 13.8. The Morgan fingerprint density at radius 1 is 0.522 bits per heavy atom. The van der Waals surface area contributed by atoms with E-state index in [1.165, 1.54) is 52.7 Å². The highest BCUT2D eigenvalue weighted by Crippen LogP contribution is 2.31. The number of hydrogen-bond acceptors (Lipinski definition) is 8. The van der Waals surface area contributed by atoms with E-state index in [0.29, 0.717) is 45.3 Å². The second kappa shape index (κ2) is 14.6. The number of aromatic carboxylic acids is 2. The molecule has 0 atom stereocenters. The minimum absolute atomic E-state index is 0.0532. The first-order valence-electron chi connectivity index (χ1n) is 13.8. The van der Waals surface area contributed by atoms with Gasteiger partial charge in [0.15, 0.2) is 23.0 Å². The topological polar surface area (TPSA) is 170 Å². The van der Waals surface area contributed by atoms with Gasteiger partial charge < -0.3 is 39.8 Å². The van der Waals surface area contributed by atoms with Crippen LogP contribution in [0.5, 0.6) is 23.0 Å². The first-order chi connectivity index (χ1) is 22.1. The van der Waals surface area contributed by atoms with Crippen molar-refractivity contribution in [1.82, 2.24) is 0 Å². The number of methoxy groups -OCH3 is 4. The summed E-state index contributed by atoms with van der Waals surface area (Å²) in [5.41, 5.74) is 1.78. The van der Waals surface area contributed by atoms with Crippen molar-refractivity contribution in [2.45, 2.75) is 12.8 Å². The minimum atomic E-state index is -1.29. The van der Waals surface area contributed by atoms with E-state index in [4.69, 9.17) is 18.9 Å². The number of benzene rings is 4. The Kier molecular flexibility index (Phi) is 10.4. The lowest BCUT2D eigenvalue weighted by Crippen LogP contribution is -2.17.